The summed E-state index contributed by atoms with van der Waals surface area (Å²) in [5.41, 5.74) is 0.922. The summed E-state index contributed by atoms with van der Waals surface area (Å²) in [5, 5.41) is 15.1. The molecular formula is C15H16N4O2. The molecule has 0 aliphatic carbocycles. The number of pyridine rings is 1. The van der Waals surface area contributed by atoms with Crippen molar-refractivity contribution in [3.8, 4) is 0 Å². The maximum atomic E-state index is 10.8. The maximum absolute atomic E-state index is 10.8. The molecule has 1 N–H and O–H groups in total. The van der Waals surface area contributed by atoms with Crippen LogP contribution in [0.15, 0.2) is 30.3 Å². The summed E-state index contributed by atoms with van der Waals surface area (Å²) in [7, 11) is 0. The molecule has 2 atom stereocenters. The standard InChI is InChI=1S/C15H16N4O2/c20-19(21)12-2-3-13-10(7-12)1-4-15(17-13)18-6-5-11-8-16-9-14(11)18/h1-4,7,11,14,16H,5-6,8-9H2/t11-,14+/m0/s1. The molecule has 2 saturated heterocycles. The number of nitrogens with one attached hydrogen (secondary N) is 1. The first-order valence-corrected chi connectivity index (χ1v) is 7.25. The molecule has 6 nitrogen and oxygen atoms in total. The van der Waals surface area contributed by atoms with Gasteiger partial charge in [0, 0.05) is 43.2 Å². The monoisotopic (exact) mass is 284 g/mol. The normalized spacial score (nSPS) is 24.5. The van der Waals surface area contributed by atoms with Crippen LogP contribution in [-0.2, 0) is 0 Å². The SMILES string of the molecule is O=[N+]([O-])c1ccc2nc(N3CC[C@H]4CNC[C@H]43)ccc2c1. The van der Waals surface area contributed by atoms with Crippen LogP contribution in [0.5, 0.6) is 0 Å². The van der Waals surface area contributed by atoms with Crippen molar-refractivity contribution in [3.63, 3.8) is 0 Å². The van der Waals surface area contributed by atoms with Gasteiger partial charge in [-0.05, 0) is 30.5 Å². The zero-order valence-corrected chi connectivity index (χ0v) is 11.5. The lowest BCUT2D eigenvalue weighted by molar-refractivity contribution is -0.384. The molecule has 21 heavy (non-hydrogen) atoms. The lowest BCUT2D eigenvalue weighted by Gasteiger charge is -2.24. The van der Waals surface area contributed by atoms with E-state index in [0.717, 1.165) is 42.3 Å². The van der Waals surface area contributed by atoms with Crippen molar-refractivity contribution in [1.29, 1.82) is 0 Å². The molecule has 0 radical (unpaired) electrons. The minimum absolute atomic E-state index is 0.110. The predicted octanol–water partition coefficient (Wildman–Crippen LogP) is 1.94. The van der Waals surface area contributed by atoms with Gasteiger partial charge in [-0.2, -0.15) is 0 Å². The number of hydrogen-bond donors (Lipinski definition) is 1. The number of anilines is 1. The molecule has 4 rings (SSSR count). The van der Waals surface area contributed by atoms with Crippen LogP contribution in [0.1, 0.15) is 6.42 Å². The Balaban J connectivity index is 1.71. The van der Waals surface area contributed by atoms with Crippen molar-refractivity contribution >= 4 is 22.4 Å². The van der Waals surface area contributed by atoms with Crippen molar-refractivity contribution in [1.82, 2.24) is 10.3 Å². The van der Waals surface area contributed by atoms with E-state index >= 15 is 0 Å². The number of aromatic nitrogens is 1. The highest BCUT2D eigenvalue weighted by molar-refractivity contribution is 5.82. The van der Waals surface area contributed by atoms with Gasteiger partial charge in [0.05, 0.1) is 10.4 Å². The molecule has 0 saturated carbocycles. The van der Waals surface area contributed by atoms with Crippen molar-refractivity contribution < 1.29 is 4.92 Å². The van der Waals surface area contributed by atoms with Crippen LogP contribution in [0, 0.1) is 16.0 Å². The van der Waals surface area contributed by atoms with Crippen LogP contribution >= 0.6 is 0 Å². The Bertz CT molecular complexity index is 718. The number of non-ortho nitro benzene ring substituents is 1. The summed E-state index contributed by atoms with van der Waals surface area (Å²) >= 11 is 0. The van der Waals surface area contributed by atoms with Crippen molar-refractivity contribution in [2.75, 3.05) is 24.5 Å². The molecule has 0 unspecified atom stereocenters. The fourth-order valence-electron chi connectivity index (χ4n) is 3.51. The van der Waals surface area contributed by atoms with Gasteiger partial charge in [-0.15, -0.1) is 0 Å². The Hall–Kier alpha value is -2.21. The predicted molar refractivity (Wildman–Crippen MR) is 80.5 cm³/mol. The summed E-state index contributed by atoms with van der Waals surface area (Å²) < 4.78 is 0. The molecule has 2 fully saturated rings. The Labute approximate surface area is 121 Å². The highest BCUT2D eigenvalue weighted by Gasteiger charge is 2.38. The van der Waals surface area contributed by atoms with E-state index < -0.39 is 0 Å². The van der Waals surface area contributed by atoms with E-state index in [1.165, 1.54) is 12.5 Å². The molecule has 1 aromatic carbocycles. The zero-order chi connectivity index (χ0) is 14.4. The van der Waals surface area contributed by atoms with Crippen LogP contribution in [0.2, 0.25) is 0 Å². The molecular weight excluding hydrogens is 268 g/mol. The third-order valence-electron chi connectivity index (χ3n) is 4.61. The lowest BCUT2D eigenvalue weighted by Crippen LogP contribution is -2.34. The number of nitro benzene ring substituents is 1. The summed E-state index contributed by atoms with van der Waals surface area (Å²) in [6.07, 6.45) is 1.21. The van der Waals surface area contributed by atoms with Crippen molar-refractivity contribution in [2.24, 2.45) is 5.92 Å². The van der Waals surface area contributed by atoms with E-state index in [4.69, 9.17) is 4.98 Å². The molecule has 0 spiro atoms. The van der Waals surface area contributed by atoms with E-state index in [0.29, 0.717) is 6.04 Å². The number of rotatable bonds is 2. The zero-order valence-electron chi connectivity index (χ0n) is 11.5. The second kappa shape index (κ2) is 4.66. The van der Waals surface area contributed by atoms with E-state index in [1.807, 2.05) is 12.1 Å². The average Bonchev–Trinajstić information content (AvgIpc) is 3.09. The maximum Gasteiger partial charge on any atom is 0.270 e. The van der Waals surface area contributed by atoms with Crippen LogP contribution in [-0.4, -0.2) is 35.6 Å². The Morgan fingerprint density at radius 2 is 2.19 bits per heavy atom. The number of fused-ring (bicyclic) bond motifs is 2. The van der Waals surface area contributed by atoms with Gasteiger partial charge in [0.2, 0.25) is 0 Å². The van der Waals surface area contributed by atoms with Gasteiger partial charge in [-0.3, -0.25) is 10.1 Å². The highest BCUT2D eigenvalue weighted by atomic mass is 16.6. The minimum Gasteiger partial charge on any atom is -0.352 e. The lowest BCUT2D eigenvalue weighted by atomic mass is 10.1. The number of hydrogen-bond acceptors (Lipinski definition) is 5. The van der Waals surface area contributed by atoms with Gasteiger partial charge < -0.3 is 10.2 Å². The van der Waals surface area contributed by atoms with E-state index in [9.17, 15) is 10.1 Å². The van der Waals surface area contributed by atoms with Gasteiger partial charge in [0.15, 0.2) is 0 Å². The molecule has 0 bridgehead atoms. The van der Waals surface area contributed by atoms with E-state index in [2.05, 4.69) is 10.2 Å². The quantitative estimate of drug-likeness (QED) is 0.674. The number of nitrogens with zero attached hydrogens (tertiary/aromatic N) is 3. The largest absolute Gasteiger partial charge is 0.352 e. The summed E-state index contributed by atoms with van der Waals surface area (Å²) in [6, 6.07) is 9.27. The fourth-order valence-corrected chi connectivity index (χ4v) is 3.51. The minimum atomic E-state index is -0.372. The second-order valence-electron chi connectivity index (χ2n) is 5.77. The molecule has 108 valence electrons. The fraction of sp³-hybridized carbons (Fsp3) is 0.400. The van der Waals surface area contributed by atoms with Gasteiger partial charge in [0.25, 0.3) is 5.69 Å². The second-order valence-corrected chi connectivity index (χ2v) is 5.77. The molecule has 2 aromatic rings. The van der Waals surface area contributed by atoms with E-state index in [-0.39, 0.29) is 10.6 Å². The molecule has 1 aromatic heterocycles. The number of benzene rings is 1. The third-order valence-corrected chi connectivity index (χ3v) is 4.61. The Kier molecular flexibility index (Phi) is 2.78. The van der Waals surface area contributed by atoms with Gasteiger partial charge in [0.1, 0.15) is 5.82 Å². The smallest absolute Gasteiger partial charge is 0.270 e. The van der Waals surface area contributed by atoms with Gasteiger partial charge >= 0.3 is 0 Å². The topological polar surface area (TPSA) is 71.3 Å². The highest BCUT2D eigenvalue weighted by Crippen LogP contribution is 2.32. The van der Waals surface area contributed by atoms with Gasteiger partial charge in [-0.25, -0.2) is 4.98 Å². The summed E-state index contributed by atoms with van der Waals surface area (Å²) in [5.74, 6) is 1.70. The molecule has 3 heterocycles. The number of nitro groups is 1. The first-order chi connectivity index (χ1) is 10.2. The third kappa shape index (κ3) is 2.03. The van der Waals surface area contributed by atoms with E-state index in [1.54, 1.807) is 12.1 Å². The molecule has 0 amide bonds. The van der Waals surface area contributed by atoms with Crippen LogP contribution < -0.4 is 10.2 Å². The van der Waals surface area contributed by atoms with Gasteiger partial charge in [-0.1, -0.05) is 0 Å². The molecule has 2 aliphatic heterocycles. The molecule has 2 aliphatic rings. The summed E-state index contributed by atoms with van der Waals surface area (Å²) in [4.78, 5) is 17.5. The van der Waals surface area contributed by atoms with Crippen molar-refractivity contribution in [2.45, 2.75) is 12.5 Å². The van der Waals surface area contributed by atoms with Crippen LogP contribution in [0.4, 0.5) is 11.5 Å². The first kappa shape index (κ1) is 12.5. The Morgan fingerprint density at radius 1 is 1.29 bits per heavy atom. The Morgan fingerprint density at radius 3 is 3.05 bits per heavy atom. The molecule has 6 heteroatoms. The van der Waals surface area contributed by atoms with Crippen molar-refractivity contribution in [3.05, 3.63) is 40.4 Å². The van der Waals surface area contributed by atoms with Crippen LogP contribution in [0.25, 0.3) is 10.9 Å². The summed E-state index contributed by atoms with van der Waals surface area (Å²) in [6.45, 7) is 3.16. The first-order valence-electron chi connectivity index (χ1n) is 7.25. The average molecular weight is 284 g/mol. The van der Waals surface area contributed by atoms with Crippen LogP contribution in [0.3, 0.4) is 0 Å².